The van der Waals surface area contributed by atoms with Crippen LogP contribution < -0.4 is 9.47 Å². The minimum absolute atomic E-state index is 0.00241. The number of benzene rings is 7. The van der Waals surface area contributed by atoms with Gasteiger partial charge in [0.25, 0.3) is 0 Å². The van der Waals surface area contributed by atoms with Crippen LogP contribution in [-0.2, 0) is 14.2 Å². The first kappa shape index (κ1) is 66.0. The Balaban J connectivity index is 0.000000280. The third-order valence-corrected chi connectivity index (χ3v) is 11.2. The summed E-state index contributed by atoms with van der Waals surface area (Å²) < 4.78 is 24.2. The number of aryl methyl sites for hydroxylation is 5. The molecule has 22 nitrogen and oxygen atoms in total. The van der Waals surface area contributed by atoms with Gasteiger partial charge in [-0.15, -0.1) is 0 Å². The molecule has 7 aromatic carbocycles. The summed E-state index contributed by atoms with van der Waals surface area (Å²) >= 11 is 0. The van der Waals surface area contributed by atoms with Gasteiger partial charge < -0.3 is 54.3 Å². The number of hydrogen-bond acceptors (Lipinski definition) is 19. The van der Waals surface area contributed by atoms with E-state index >= 15 is 0 Å². The highest BCUT2D eigenvalue weighted by Gasteiger charge is 2.22. The van der Waals surface area contributed by atoms with Crippen LogP contribution in [-0.4, -0.2) is 119 Å². The molecule has 0 aliphatic heterocycles. The molecule has 0 amide bonds. The number of aromatic carboxylic acids is 3. The van der Waals surface area contributed by atoms with Gasteiger partial charge in [-0.1, -0.05) is 36.4 Å². The maximum Gasteiger partial charge on any atom is 0.343 e. The van der Waals surface area contributed by atoms with E-state index in [1.165, 1.54) is 82.9 Å². The smallest absolute Gasteiger partial charge is 0.343 e. The number of carboxylic acid groups (broad SMARTS) is 3. The van der Waals surface area contributed by atoms with Gasteiger partial charge in [-0.3, -0.25) is 14.4 Å². The maximum atomic E-state index is 12.1. The molecule has 0 heterocycles. The number of carbonyl (C=O) groups excluding carboxylic acids is 8. The summed E-state index contributed by atoms with van der Waals surface area (Å²) in [6.07, 6.45) is 1.45. The first-order valence-electron chi connectivity index (χ1n) is 23.9. The zero-order valence-electron chi connectivity index (χ0n) is 45.6. The first-order valence-corrected chi connectivity index (χ1v) is 23.9. The summed E-state index contributed by atoms with van der Waals surface area (Å²) in [4.78, 5) is 123. The van der Waals surface area contributed by atoms with E-state index < -0.39 is 47.8 Å². The van der Waals surface area contributed by atoms with Crippen LogP contribution in [0.5, 0.6) is 28.7 Å². The van der Waals surface area contributed by atoms with Crippen LogP contribution in [0.1, 0.15) is 142 Å². The van der Waals surface area contributed by atoms with Gasteiger partial charge in [0.05, 0.1) is 77.0 Å². The molecule has 6 N–H and O–H groups in total. The minimum Gasteiger partial charge on any atom is -0.508 e. The third-order valence-electron chi connectivity index (χ3n) is 11.2. The summed E-state index contributed by atoms with van der Waals surface area (Å²) in [5.74, 6) is -6.54. The molecule has 430 valence electrons. The Morgan fingerprint density at radius 1 is 0.349 bits per heavy atom. The molecule has 0 aromatic heterocycles. The van der Waals surface area contributed by atoms with Gasteiger partial charge in [-0.2, -0.15) is 0 Å². The van der Waals surface area contributed by atoms with E-state index in [0.717, 1.165) is 12.1 Å². The van der Waals surface area contributed by atoms with E-state index in [0.29, 0.717) is 57.8 Å². The minimum atomic E-state index is -1.31. The predicted octanol–water partition coefficient (Wildman–Crippen LogP) is 9.42. The maximum absolute atomic E-state index is 12.1. The Morgan fingerprint density at radius 3 is 1.08 bits per heavy atom. The second-order valence-corrected chi connectivity index (χ2v) is 17.1. The van der Waals surface area contributed by atoms with Crippen LogP contribution >= 0.6 is 0 Å². The van der Waals surface area contributed by atoms with E-state index in [1.54, 1.807) is 88.4 Å². The number of methoxy groups -OCH3 is 3. The Labute approximate surface area is 473 Å². The molecular formula is C61H54O22. The van der Waals surface area contributed by atoms with Crippen molar-refractivity contribution in [3.8, 4) is 28.7 Å². The average Bonchev–Trinajstić information content (AvgIpc) is 3.52. The van der Waals surface area contributed by atoms with Gasteiger partial charge in [0, 0.05) is 0 Å². The lowest BCUT2D eigenvalue weighted by Crippen LogP contribution is -2.14. The van der Waals surface area contributed by atoms with E-state index in [4.69, 9.17) is 24.8 Å². The number of hydrogen-bond donors (Lipinski definition) is 6. The molecule has 7 rings (SSSR count). The number of esters is 5. The number of rotatable bonds is 13. The van der Waals surface area contributed by atoms with Crippen molar-refractivity contribution in [1.29, 1.82) is 0 Å². The molecule has 0 bridgehead atoms. The van der Waals surface area contributed by atoms with Gasteiger partial charge in [0.15, 0.2) is 18.9 Å². The summed E-state index contributed by atoms with van der Waals surface area (Å²) in [5, 5.41) is 54.2. The molecule has 0 aliphatic carbocycles. The number of carbonyl (C=O) groups is 11. The van der Waals surface area contributed by atoms with Crippen LogP contribution in [0.3, 0.4) is 0 Å². The zero-order chi connectivity index (χ0) is 62.2. The number of carboxylic acids is 3. The topological polar surface area (TPSA) is 355 Å². The lowest BCUT2D eigenvalue weighted by Gasteiger charge is -2.12. The van der Waals surface area contributed by atoms with Crippen molar-refractivity contribution in [3.63, 3.8) is 0 Å². The van der Waals surface area contributed by atoms with E-state index in [2.05, 4.69) is 14.2 Å². The number of phenolic OH excluding ortho intramolecular Hbond substituents is 3. The van der Waals surface area contributed by atoms with Crippen molar-refractivity contribution in [2.75, 3.05) is 21.3 Å². The fourth-order valence-corrected chi connectivity index (χ4v) is 6.96. The molecule has 7 aromatic rings. The first-order chi connectivity index (χ1) is 39.3. The van der Waals surface area contributed by atoms with Crippen molar-refractivity contribution in [1.82, 2.24) is 0 Å². The lowest BCUT2D eigenvalue weighted by atomic mass is 10.0. The van der Waals surface area contributed by atoms with Gasteiger partial charge in [-0.25, -0.2) is 38.4 Å². The number of aldehydes is 3. The van der Waals surface area contributed by atoms with E-state index in [-0.39, 0.29) is 78.8 Å². The summed E-state index contributed by atoms with van der Waals surface area (Å²) in [5.41, 5.74) is 3.58. The Kier molecular flexibility index (Phi) is 24.9. The molecule has 22 heteroatoms. The van der Waals surface area contributed by atoms with E-state index in [1.807, 2.05) is 0 Å². The zero-order valence-corrected chi connectivity index (χ0v) is 45.6. The number of phenols is 3. The number of ether oxygens (including phenoxy) is 5. The van der Waals surface area contributed by atoms with Crippen molar-refractivity contribution in [2.45, 2.75) is 34.6 Å². The molecule has 0 fully saturated rings. The highest BCUT2D eigenvalue weighted by molar-refractivity contribution is 6.00. The standard InChI is InChI=1S/C17H14O6.C17H14O5.C10H10O4.C9H8O4.C8H8O3/c1-10-8-12(16(20)22-2)9-13(15(18)19)14(10)23-17(21)11-6-4-3-5-7-11;1-11-8-13(16(19)21-2)9-14(10-18)15(11)22-17(20)12-6-4-3-5-7-12;1-6-3-7(10(13)14-2)4-8(5-11)9(6)12;1-5-2-6(9(12)13)3-7(4-10)8(5)11;1-5-4-6(8(10)11)2-3-7(5)9/h3-9H,1-2H3,(H,18,19);3-10H,1-2H3;3-5,12H,1-2H3;2-4,11H,1H3,(H,12,13);2-4,9H,1H3,(H,10,11). The van der Waals surface area contributed by atoms with Gasteiger partial charge in [-0.05, 0) is 153 Å². The summed E-state index contributed by atoms with van der Waals surface area (Å²) in [6, 6.07) is 31.4. The van der Waals surface area contributed by atoms with Crippen molar-refractivity contribution in [3.05, 3.63) is 216 Å². The van der Waals surface area contributed by atoms with Crippen molar-refractivity contribution < 1.29 is 107 Å². The lowest BCUT2D eigenvalue weighted by molar-refractivity contribution is 0.0590. The molecule has 0 saturated carbocycles. The molecule has 0 spiro atoms. The summed E-state index contributed by atoms with van der Waals surface area (Å²) in [6.45, 7) is 7.99. The monoisotopic (exact) mass is 1140 g/mol. The van der Waals surface area contributed by atoms with Gasteiger partial charge in [0.2, 0.25) is 0 Å². The third kappa shape index (κ3) is 18.7. The van der Waals surface area contributed by atoms with Gasteiger partial charge in [0.1, 0.15) is 34.3 Å². The summed E-state index contributed by atoms with van der Waals surface area (Å²) in [7, 11) is 3.70. The predicted molar refractivity (Wildman–Crippen MR) is 295 cm³/mol. The fourth-order valence-electron chi connectivity index (χ4n) is 6.96. The van der Waals surface area contributed by atoms with Crippen LogP contribution in [0, 0.1) is 34.6 Å². The van der Waals surface area contributed by atoms with Crippen LogP contribution in [0.2, 0.25) is 0 Å². The molecule has 0 atom stereocenters. The Hall–Kier alpha value is -11.3. The molecule has 83 heavy (non-hydrogen) atoms. The second-order valence-electron chi connectivity index (χ2n) is 17.1. The molecule has 0 aliphatic rings. The Morgan fingerprint density at radius 2 is 0.699 bits per heavy atom. The fraction of sp³-hybridized carbons (Fsp3) is 0.131. The normalized spacial score (nSPS) is 9.78. The molecule has 0 unspecified atom stereocenters. The number of aromatic hydroxyl groups is 3. The van der Waals surface area contributed by atoms with Crippen LogP contribution in [0.15, 0.2) is 127 Å². The Bertz CT molecular complexity index is 3580. The highest BCUT2D eigenvalue weighted by atomic mass is 16.5. The highest BCUT2D eigenvalue weighted by Crippen LogP contribution is 2.29. The van der Waals surface area contributed by atoms with E-state index in [9.17, 15) is 68.1 Å². The van der Waals surface area contributed by atoms with Crippen LogP contribution in [0.25, 0.3) is 0 Å². The molecular weight excluding hydrogens is 1080 g/mol. The quantitative estimate of drug-likeness (QED) is 0.0271. The average molecular weight is 1140 g/mol. The van der Waals surface area contributed by atoms with Gasteiger partial charge >= 0.3 is 47.8 Å². The van der Waals surface area contributed by atoms with Crippen molar-refractivity contribution in [2.24, 2.45) is 0 Å². The molecule has 0 radical (unpaired) electrons. The second kappa shape index (κ2) is 31.3. The molecule has 0 saturated heterocycles. The van der Waals surface area contributed by atoms with Crippen LogP contribution in [0.4, 0.5) is 0 Å². The van der Waals surface area contributed by atoms with Crippen molar-refractivity contribution >= 4 is 66.6 Å². The largest absolute Gasteiger partial charge is 0.508 e. The SMILES string of the molecule is COC(=O)c1cc(C)c(O)c(C=O)c1.COC(=O)c1cc(C)c(OC(=O)c2ccccc2)c(C(=O)O)c1.COC(=O)c1cc(C)c(OC(=O)c2ccccc2)c(C=O)c1.Cc1cc(C(=O)O)cc(C=O)c1O.Cc1cc(C(=O)O)ccc1O.